The Morgan fingerprint density at radius 1 is 1.12 bits per heavy atom. The lowest BCUT2D eigenvalue weighted by Crippen LogP contribution is -1.86. The van der Waals surface area contributed by atoms with E-state index in [0.29, 0.717) is 5.76 Å². The second-order valence-electron chi connectivity index (χ2n) is 2.62. The Balaban J connectivity index is -0.000000439. The minimum Gasteiger partial charge on any atom is -0.454 e. The van der Waals surface area contributed by atoms with Crippen LogP contribution in [0.1, 0.15) is 13.8 Å². The summed E-state index contributed by atoms with van der Waals surface area (Å²) in [7, 11) is 0. The van der Waals surface area contributed by atoms with Gasteiger partial charge >= 0.3 is 0 Å². The predicted octanol–water partition coefficient (Wildman–Crippen LogP) is 5.21. The Morgan fingerprint density at radius 2 is 1.59 bits per heavy atom. The molecule has 0 rings (SSSR count). The number of ether oxygens (including phenoxy) is 1. The molecule has 0 saturated heterocycles. The van der Waals surface area contributed by atoms with Crippen LogP contribution in [0, 0.1) is 0 Å². The first-order chi connectivity index (χ1) is 8.15. The van der Waals surface area contributed by atoms with Crippen LogP contribution < -0.4 is 0 Å². The molecule has 0 bridgehead atoms. The second kappa shape index (κ2) is 17.3. The fraction of sp³-hybridized carbons (Fsp3) is 0.214. The van der Waals surface area contributed by atoms with Crippen LogP contribution >= 0.6 is 23.8 Å². The summed E-state index contributed by atoms with van der Waals surface area (Å²) in [5.74, 6) is 0.631. The summed E-state index contributed by atoms with van der Waals surface area (Å²) in [5.41, 5.74) is 3.40. The SMILES string of the molecule is C=C.C=CC(/C=C(\C=C)OC=S)=C(C)C.CCl. The van der Waals surface area contributed by atoms with Crippen molar-refractivity contribution in [3.63, 3.8) is 0 Å². The lowest BCUT2D eigenvalue weighted by molar-refractivity contribution is 0.464. The number of halogens is 1. The van der Waals surface area contributed by atoms with Crippen LogP contribution in [0.15, 0.2) is 61.4 Å². The molecule has 0 amide bonds. The molecule has 0 aromatic heterocycles. The van der Waals surface area contributed by atoms with E-state index < -0.39 is 0 Å². The van der Waals surface area contributed by atoms with Gasteiger partial charge in [0.2, 0.25) is 0 Å². The van der Waals surface area contributed by atoms with Crippen molar-refractivity contribution in [1.82, 2.24) is 0 Å². The Kier molecular flexibility index (Phi) is 21.5. The molecule has 17 heavy (non-hydrogen) atoms. The number of alkyl halides is 1. The van der Waals surface area contributed by atoms with Gasteiger partial charge in [-0.3, -0.25) is 0 Å². The predicted molar refractivity (Wildman–Crippen MR) is 84.6 cm³/mol. The summed E-state index contributed by atoms with van der Waals surface area (Å²) in [4.78, 5) is 0. The van der Waals surface area contributed by atoms with Crippen LogP contribution in [0.2, 0.25) is 0 Å². The maximum atomic E-state index is 5.02. The summed E-state index contributed by atoms with van der Waals surface area (Å²) in [6.45, 7) is 17.3. The highest BCUT2D eigenvalue weighted by molar-refractivity contribution is 7.78. The van der Waals surface area contributed by atoms with Gasteiger partial charge in [0.05, 0.1) is 0 Å². The van der Waals surface area contributed by atoms with Crippen molar-refractivity contribution in [1.29, 1.82) is 0 Å². The van der Waals surface area contributed by atoms with E-state index >= 15 is 0 Å². The van der Waals surface area contributed by atoms with Crippen LogP contribution in [0.25, 0.3) is 0 Å². The smallest absolute Gasteiger partial charge is 0.154 e. The number of hydrogen-bond acceptors (Lipinski definition) is 2. The van der Waals surface area contributed by atoms with Crippen molar-refractivity contribution in [3.8, 4) is 0 Å². The zero-order valence-corrected chi connectivity index (χ0v) is 12.4. The van der Waals surface area contributed by atoms with E-state index in [1.54, 1.807) is 12.2 Å². The van der Waals surface area contributed by atoms with Crippen LogP contribution in [-0.2, 0) is 4.74 Å². The van der Waals surface area contributed by atoms with Gasteiger partial charge in [-0.1, -0.05) is 24.8 Å². The molecular formula is C14H21ClOS. The van der Waals surface area contributed by atoms with Crippen molar-refractivity contribution >= 4 is 29.4 Å². The van der Waals surface area contributed by atoms with E-state index in [9.17, 15) is 0 Å². The third kappa shape index (κ3) is 12.8. The van der Waals surface area contributed by atoms with E-state index in [4.69, 9.17) is 4.74 Å². The minimum absolute atomic E-state index is 0.631. The molecule has 0 aromatic carbocycles. The third-order valence-corrected chi connectivity index (χ3v) is 1.58. The lowest BCUT2D eigenvalue weighted by Gasteiger charge is -2.01. The topological polar surface area (TPSA) is 9.23 Å². The molecule has 0 radical (unpaired) electrons. The molecule has 0 aliphatic carbocycles. The average Bonchev–Trinajstić information content (AvgIpc) is 2.38. The molecule has 0 fully saturated rings. The van der Waals surface area contributed by atoms with E-state index in [-0.39, 0.29) is 0 Å². The number of hydrogen-bond donors (Lipinski definition) is 0. The monoisotopic (exact) mass is 272 g/mol. The first-order valence-electron chi connectivity index (χ1n) is 4.77. The molecule has 3 heteroatoms. The van der Waals surface area contributed by atoms with E-state index in [2.05, 4.69) is 50.1 Å². The molecule has 0 unspecified atom stereocenters. The first kappa shape index (κ1) is 21.2. The van der Waals surface area contributed by atoms with Crippen molar-refractivity contribution in [2.45, 2.75) is 13.8 Å². The van der Waals surface area contributed by atoms with Gasteiger partial charge < -0.3 is 4.74 Å². The van der Waals surface area contributed by atoms with Crippen LogP contribution in [0.5, 0.6) is 0 Å². The Labute approximate surface area is 116 Å². The van der Waals surface area contributed by atoms with Gasteiger partial charge in [-0.05, 0) is 43.8 Å². The highest BCUT2D eigenvalue weighted by atomic mass is 35.5. The van der Waals surface area contributed by atoms with Crippen LogP contribution in [0.3, 0.4) is 0 Å². The van der Waals surface area contributed by atoms with E-state index in [1.807, 2.05) is 19.9 Å². The highest BCUT2D eigenvalue weighted by Crippen LogP contribution is 2.10. The van der Waals surface area contributed by atoms with E-state index in [0.717, 1.165) is 5.57 Å². The number of allylic oxidation sites excluding steroid dienone is 5. The standard InChI is InChI=1S/C11H14OS.C2H4.CH3Cl/c1-5-10(9(3)4)7-11(6-2)12-8-13;2*1-2/h5-8H,1-2H2,3-4H3;1-2H2;1H3/b11-7+;;. The summed E-state index contributed by atoms with van der Waals surface area (Å²) in [5, 5.41) is 0. The van der Waals surface area contributed by atoms with Crippen molar-refractivity contribution in [2.24, 2.45) is 0 Å². The molecular weight excluding hydrogens is 252 g/mol. The van der Waals surface area contributed by atoms with Crippen molar-refractivity contribution < 1.29 is 4.74 Å². The molecule has 0 atom stereocenters. The van der Waals surface area contributed by atoms with Gasteiger partial charge in [0.1, 0.15) is 5.76 Å². The minimum atomic E-state index is 0.631. The average molecular weight is 273 g/mol. The quantitative estimate of drug-likeness (QED) is 0.223. The second-order valence-corrected chi connectivity index (χ2v) is 2.82. The summed E-state index contributed by atoms with van der Waals surface area (Å²) in [6.07, 6.45) is 6.69. The highest BCUT2D eigenvalue weighted by Gasteiger charge is 1.93. The molecule has 0 aliphatic rings. The van der Waals surface area contributed by atoms with Crippen molar-refractivity contribution in [3.05, 3.63) is 61.4 Å². The van der Waals surface area contributed by atoms with Gasteiger partial charge in [0.25, 0.3) is 0 Å². The molecule has 0 aromatic rings. The maximum Gasteiger partial charge on any atom is 0.154 e. The zero-order valence-electron chi connectivity index (χ0n) is 10.8. The van der Waals surface area contributed by atoms with E-state index in [1.165, 1.54) is 17.5 Å². The summed E-state index contributed by atoms with van der Waals surface area (Å²) >= 11 is 9.21. The molecule has 0 aliphatic heterocycles. The Hall–Kier alpha value is -1.12. The fourth-order valence-corrected chi connectivity index (χ4v) is 0.868. The van der Waals surface area contributed by atoms with Gasteiger partial charge in [0.15, 0.2) is 5.55 Å². The van der Waals surface area contributed by atoms with Gasteiger partial charge in [-0.15, -0.1) is 24.8 Å². The van der Waals surface area contributed by atoms with Crippen LogP contribution in [0.4, 0.5) is 0 Å². The summed E-state index contributed by atoms with van der Waals surface area (Å²) in [6, 6.07) is 0. The number of rotatable bonds is 5. The Morgan fingerprint density at radius 3 is 1.82 bits per heavy atom. The largest absolute Gasteiger partial charge is 0.454 e. The molecule has 0 N–H and O–H groups in total. The molecule has 96 valence electrons. The molecule has 0 spiro atoms. The fourth-order valence-electron chi connectivity index (χ4n) is 0.757. The Bertz CT molecular complexity index is 287. The maximum absolute atomic E-state index is 5.02. The van der Waals surface area contributed by atoms with Gasteiger partial charge in [-0.2, -0.15) is 0 Å². The van der Waals surface area contributed by atoms with Gasteiger partial charge in [-0.25, -0.2) is 0 Å². The van der Waals surface area contributed by atoms with Crippen LogP contribution in [-0.4, -0.2) is 11.9 Å². The molecule has 0 heterocycles. The third-order valence-electron chi connectivity index (χ3n) is 1.48. The first-order valence-corrected chi connectivity index (χ1v) is 6.00. The lowest BCUT2D eigenvalue weighted by atomic mass is 10.1. The van der Waals surface area contributed by atoms with Crippen molar-refractivity contribution in [2.75, 3.05) is 6.38 Å². The molecule has 1 nitrogen and oxygen atoms in total. The normalized spacial score (nSPS) is 8.35. The van der Waals surface area contributed by atoms with Gasteiger partial charge in [0, 0.05) is 6.38 Å². The summed E-state index contributed by atoms with van der Waals surface area (Å²) < 4.78 is 5.02. The number of thiocarbonyl (C=S) groups is 1. The zero-order chi connectivity index (χ0) is 14.3. The molecule has 0 saturated carbocycles.